The molecule has 0 N–H and O–H groups in total. The van der Waals surface area contributed by atoms with E-state index in [9.17, 15) is 0 Å². The van der Waals surface area contributed by atoms with Gasteiger partial charge in [-0.05, 0) is 32.6 Å². The van der Waals surface area contributed by atoms with Gasteiger partial charge in [0.15, 0.2) is 0 Å². The van der Waals surface area contributed by atoms with Gasteiger partial charge in [0.1, 0.15) is 0 Å². The number of aromatic nitrogens is 3. The first kappa shape index (κ1) is 26.0. The summed E-state index contributed by atoms with van der Waals surface area (Å²) in [6.07, 6.45) is 2.91. The summed E-state index contributed by atoms with van der Waals surface area (Å²) in [5.41, 5.74) is 1.11. The van der Waals surface area contributed by atoms with Crippen molar-refractivity contribution in [2.75, 3.05) is 59.5 Å². The molecule has 8 nitrogen and oxygen atoms in total. The maximum Gasteiger partial charge on any atom is 0.0832 e. The Morgan fingerprint density at radius 2 is 1.21 bits per heavy atom. The second kappa shape index (κ2) is 14.0. The average Bonchev–Trinajstić information content (AvgIpc) is 3.02. The fourth-order valence-corrected chi connectivity index (χ4v) is 2.40. The van der Waals surface area contributed by atoms with Gasteiger partial charge in [-0.25, -0.2) is 4.68 Å². The highest BCUT2D eigenvalue weighted by Gasteiger charge is 2.13. The standard InChI is InChI=1S/C21H41N3O5/c1-20(2,3)17-19-18-24(23-22-19)7-8-25-9-10-26-11-12-27-13-14-28-15-16-29-21(4,5)6/h18H,7-17H2,1-6H3. The van der Waals surface area contributed by atoms with Crippen molar-refractivity contribution >= 4 is 0 Å². The summed E-state index contributed by atoms with van der Waals surface area (Å²) in [5.74, 6) is 0. The Morgan fingerprint density at radius 1 is 0.724 bits per heavy atom. The summed E-state index contributed by atoms with van der Waals surface area (Å²) in [6.45, 7) is 18.5. The fourth-order valence-electron chi connectivity index (χ4n) is 2.40. The summed E-state index contributed by atoms with van der Waals surface area (Å²) in [7, 11) is 0. The van der Waals surface area contributed by atoms with Crippen LogP contribution in [0.4, 0.5) is 0 Å². The molecular weight excluding hydrogens is 374 g/mol. The number of ether oxygens (including phenoxy) is 5. The molecule has 0 aliphatic heterocycles. The van der Waals surface area contributed by atoms with Crippen molar-refractivity contribution in [3.8, 4) is 0 Å². The summed E-state index contributed by atoms with van der Waals surface area (Å²) < 4.78 is 29.3. The van der Waals surface area contributed by atoms with E-state index >= 15 is 0 Å². The highest BCUT2D eigenvalue weighted by molar-refractivity contribution is 4.95. The smallest absolute Gasteiger partial charge is 0.0832 e. The minimum atomic E-state index is -0.118. The molecule has 1 heterocycles. The van der Waals surface area contributed by atoms with Gasteiger partial charge < -0.3 is 23.7 Å². The van der Waals surface area contributed by atoms with Crippen LogP contribution in [0.2, 0.25) is 0 Å². The van der Waals surface area contributed by atoms with Gasteiger partial charge in [0.2, 0.25) is 0 Å². The lowest BCUT2D eigenvalue weighted by atomic mass is 9.91. The second-order valence-corrected chi connectivity index (χ2v) is 9.12. The van der Waals surface area contributed by atoms with Crippen LogP contribution in [0.25, 0.3) is 0 Å². The van der Waals surface area contributed by atoms with Gasteiger partial charge in [-0.15, -0.1) is 5.10 Å². The van der Waals surface area contributed by atoms with Crippen LogP contribution in [-0.2, 0) is 36.6 Å². The molecule has 0 aliphatic carbocycles. The maximum atomic E-state index is 5.57. The largest absolute Gasteiger partial charge is 0.377 e. The van der Waals surface area contributed by atoms with Crippen molar-refractivity contribution in [2.24, 2.45) is 5.41 Å². The van der Waals surface area contributed by atoms with Crippen LogP contribution in [0.15, 0.2) is 6.20 Å². The van der Waals surface area contributed by atoms with Crippen LogP contribution in [0.3, 0.4) is 0 Å². The molecule has 0 saturated heterocycles. The van der Waals surface area contributed by atoms with Crippen LogP contribution in [0.1, 0.15) is 47.2 Å². The Morgan fingerprint density at radius 3 is 1.69 bits per heavy atom. The molecule has 170 valence electrons. The molecule has 0 bridgehead atoms. The lowest BCUT2D eigenvalue weighted by Gasteiger charge is -2.19. The zero-order valence-corrected chi connectivity index (χ0v) is 19.2. The van der Waals surface area contributed by atoms with Crippen molar-refractivity contribution in [1.82, 2.24) is 15.0 Å². The van der Waals surface area contributed by atoms with Gasteiger partial charge in [-0.1, -0.05) is 26.0 Å². The Balaban J connectivity index is 1.84. The van der Waals surface area contributed by atoms with E-state index in [1.807, 2.05) is 31.6 Å². The van der Waals surface area contributed by atoms with Gasteiger partial charge in [-0.2, -0.15) is 0 Å². The lowest BCUT2D eigenvalue weighted by Crippen LogP contribution is -2.22. The van der Waals surface area contributed by atoms with Crippen molar-refractivity contribution in [2.45, 2.75) is 60.1 Å². The van der Waals surface area contributed by atoms with E-state index in [1.165, 1.54) is 0 Å². The van der Waals surface area contributed by atoms with Crippen LogP contribution < -0.4 is 0 Å². The quantitative estimate of drug-likeness (QED) is 0.384. The van der Waals surface area contributed by atoms with Crippen LogP contribution in [-0.4, -0.2) is 80.1 Å². The molecule has 8 heteroatoms. The molecule has 1 aromatic heterocycles. The molecule has 1 aromatic rings. The molecule has 0 fully saturated rings. The minimum Gasteiger partial charge on any atom is -0.377 e. The number of rotatable bonds is 16. The van der Waals surface area contributed by atoms with E-state index in [0.29, 0.717) is 66.0 Å². The van der Waals surface area contributed by atoms with Crippen molar-refractivity contribution in [3.63, 3.8) is 0 Å². The van der Waals surface area contributed by atoms with Crippen LogP contribution in [0, 0.1) is 5.41 Å². The number of nitrogens with zero attached hydrogens (tertiary/aromatic N) is 3. The fraction of sp³-hybridized carbons (Fsp3) is 0.905. The Labute approximate surface area is 176 Å². The van der Waals surface area contributed by atoms with E-state index in [4.69, 9.17) is 23.7 Å². The van der Waals surface area contributed by atoms with Gasteiger partial charge in [0.25, 0.3) is 0 Å². The van der Waals surface area contributed by atoms with Crippen molar-refractivity contribution < 1.29 is 23.7 Å². The zero-order chi connectivity index (χ0) is 21.6. The second-order valence-electron chi connectivity index (χ2n) is 9.12. The molecule has 0 saturated carbocycles. The first-order chi connectivity index (χ1) is 13.7. The molecule has 1 rings (SSSR count). The third-order valence-electron chi connectivity index (χ3n) is 3.64. The zero-order valence-electron chi connectivity index (χ0n) is 19.2. The Bertz CT molecular complexity index is 523. The Kier molecular flexibility index (Phi) is 12.6. The van der Waals surface area contributed by atoms with Crippen LogP contribution in [0.5, 0.6) is 0 Å². The first-order valence-corrected chi connectivity index (χ1v) is 10.5. The molecule has 0 spiro atoms. The van der Waals surface area contributed by atoms with E-state index in [1.54, 1.807) is 0 Å². The van der Waals surface area contributed by atoms with Gasteiger partial charge >= 0.3 is 0 Å². The molecule has 29 heavy (non-hydrogen) atoms. The molecular formula is C21H41N3O5. The van der Waals surface area contributed by atoms with Crippen molar-refractivity contribution in [3.05, 3.63) is 11.9 Å². The van der Waals surface area contributed by atoms with Crippen molar-refractivity contribution in [1.29, 1.82) is 0 Å². The van der Waals surface area contributed by atoms with Gasteiger partial charge in [0, 0.05) is 6.20 Å². The highest BCUT2D eigenvalue weighted by atomic mass is 16.6. The Hall–Kier alpha value is -1.06. The summed E-state index contributed by atoms with van der Waals surface area (Å²) in [6, 6.07) is 0. The third-order valence-corrected chi connectivity index (χ3v) is 3.64. The normalized spacial score (nSPS) is 12.6. The topological polar surface area (TPSA) is 76.9 Å². The molecule has 0 aromatic carbocycles. The predicted octanol–water partition coefficient (Wildman–Crippen LogP) is 2.75. The maximum absolute atomic E-state index is 5.57. The molecule has 0 unspecified atom stereocenters. The monoisotopic (exact) mass is 415 g/mol. The van der Waals surface area contributed by atoms with E-state index < -0.39 is 0 Å². The first-order valence-electron chi connectivity index (χ1n) is 10.5. The predicted molar refractivity (Wildman–Crippen MR) is 112 cm³/mol. The van der Waals surface area contributed by atoms with E-state index in [2.05, 4.69) is 31.1 Å². The number of hydrogen-bond donors (Lipinski definition) is 0. The molecule has 0 radical (unpaired) electrons. The molecule has 0 aliphatic rings. The summed E-state index contributed by atoms with van der Waals surface area (Å²) in [4.78, 5) is 0. The summed E-state index contributed by atoms with van der Waals surface area (Å²) >= 11 is 0. The summed E-state index contributed by atoms with van der Waals surface area (Å²) in [5, 5.41) is 8.33. The van der Waals surface area contributed by atoms with E-state index in [-0.39, 0.29) is 11.0 Å². The van der Waals surface area contributed by atoms with Crippen LogP contribution >= 0.6 is 0 Å². The van der Waals surface area contributed by atoms with Gasteiger partial charge in [0.05, 0.1) is 77.3 Å². The SMILES string of the molecule is CC(C)(C)Cc1cn(CCOCCOCCOCCOCCOC(C)(C)C)nn1. The lowest BCUT2D eigenvalue weighted by molar-refractivity contribution is -0.0460. The number of hydrogen-bond acceptors (Lipinski definition) is 7. The van der Waals surface area contributed by atoms with E-state index in [0.717, 1.165) is 12.1 Å². The van der Waals surface area contributed by atoms with Gasteiger partial charge in [-0.3, -0.25) is 0 Å². The average molecular weight is 416 g/mol. The minimum absolute atomic E-state index is 0.118. The highest BCUT2D eigenvalue weighted by Crippen LogP contribution is 2.18. The molecule has 0 atom stereocenters. The molecule has 0 amide bonds. The third kappa shape index (κ3) is 16.4.